The van der Waals surface area contributed by atoms with Crippen LogP contribution in [0.25, 0.3) is 0 Å². The number of aromatic nitrogens is 1. The van der Waals surface area contributed by atoms with Gasteiger partial charge < -0.3 is 15.5 Å². The molecule has 0 radical (unpaired) electrons. The van der Waals surface area contributed by atoms with Crippen LogP contribution in [0.15, 0.2) is 36.5 Å². The van der Waals surface area contributed by atoms with E-state index in [1.54, 1.807) is 41.4 Å². The summed E-state index contributed by atoms with van der Waals surface area (Å²) in [5, 5.41) is 7.35. The minimum Gasteiger partial charge on any atom is -0.340 e. The lowest BCUT2D eigenvalue weighted by Gasteiger charge is -2.24. The van der Waals surface area contributed by atoms with Crippen molar-refractivity contribution in [3.05, 3.63) is 52.1 Å². The number of nitrogens with zero attached hydrogens (tertiary/aromatic N) is 2. The summed E-state index contributed by atoms with van der Waals surface area (Å²) in [6.07, 6.45) is 2.60. The van der Waals surface area contributed by atoms with E-state index in [1.807, 2.05) is 7.05 Å². The van der Waals surface area contributed by atoms with Crippen molar-refractivity contribution in [2.45, 2.75) is 12.5 Å². The zero-order valence-electron chi connectivity index (χ0n) is 14.0. The van der Waals surface area contributed by atoms with Gasteiger partial charge in [-0.05, 0) is 43.3 Å². The van der Waals surface area contributed by atoms with Gasteiger partial charge in [-0.1, -0.05) is 23.2 Å². The van der Waals surface area contributed by atoms with Crippen LogP contribution in [-0.2, 0) is 0 Å². The molecule has 5 nitrogen and oxygen atoms in total. The summed E-state index contributed by atoms with van der Waals surface area (Å²) in [6, 6.07) is 8.93. The van der Waals surface area contributed by atoms with Crippen molar-refractivity contribution in [1.29, 1.82) is 0 Å². The Kier molecular flexibility index (Phi) is 8.93. The molecule has 0 bridgehead atoms. The molecule has 2 aromatic rings. The standard InChI is InChI=1S/C17H18Cl2N4O.2ClH/c1-23(12-6-8-20-10-12)17(24)13-3-2-7-21-16(13)22-11-4-5-14(18)15(19)9-11;;/h2-5,7,9,12,20H,6,8,10H2,1H3,(H,21,22);2*1H. The molecule has 142 valence electrons. The summed E-state index contributed by atoms with van der Waals surface area (Å²) >= 11 is 12.0. The number of amides is 1. The van der Waals surface area contributed by atoms with Crippen molar-refractivity contribution in [2.75, 3.05) is 25.5 Å². The van der Waals surface area contributed by atoms with Gasteiger partial charge in [0.25, 0.3) is 5.91 Å². The summed E-state index contributed by atoms with van der Waals surface area (Å²) in [4.78, 5) is 18.9. The Hall–Kier alpha value is -1.24. The Bertz CT molecular complexity index is 753. The van der Waals surface area contributed by atoms with Crippen molar-refractivity contribution in [1.82, 2.24) is 15.2 Å². The van der Waals surface area contributed by atoms with Gasteiger partial charge in [0.15, 0.2) is 0 Å². The van der Waals surface area contributed by atoms with E-state index in [9.17, 15) is 4.79 Å². The normalized spacial score (nSPS) is 15.6. The fourth-order valence-corrected chi connectivity index (χ4v) is 3.01. The maximum atomic E-state index is 12.8. The molecule has 9 heteroatoms. The minimum atomic E-state index is -0.0561. The Morgan fingerprint density at radius 3 is 2.69 bits per heavy atom. The molecule has 1 atom stereocenters. The fraction of sp³-hybridized carbons (Fsp3) is 0.294. The highest BCUT2D eigenvalue weighted by atomic mass is 35.5. The molecule has 26 heavy (non-hydrogen) atoms. The molecule has 1 amide bonds. The smallest absolute Gasteiger partial charge is 0.257 e. The van der Waals surface area contributed by atoms with Gasteiger partial charge in [0.1, 0.15) is 5.82 Å². The lowest BCUT2D eigenvalue weighted by molar-refractivity contribution is 0.0744. The quantitative estimate of drug-likeness (QED) is 0.743. The summed E-state index contributed by atoms with van der Waals surface area (Å²) in [5.41, 5.74) is 1.25. The Morgan fingerprint density at radius 2 is 2.04 bits per heavy atom. The van der Waals surface area contributed by atoms with Crippen LogP contribution in [0, 0.1) is 0 Å². The first-order valence-corrected chi connectivity index (χ1v) is 8.47. The van der Waals surface area contributed by atoms with Crippen LogP contribution < -0.4 is 10.6 Å². The molecule has 2 heterocycles. The second kappa shape index (κ2) is 10.2. The number of carbonyl (C=O) groups is 1. The van der Waals surface area contributed by atoms with E-state index >= 15 is 0 Å². The maximum absolute atomic E-state index is 12.8. The fourth-order valence-electron chi connectivity index (χ4n) is 2.71. The third-order valence-corrected chi connectivity index (χ3v) is 4.86. The molecule has 1 fully saturated rings. The molecular weight excluding hydrogens is 418 g/mol. The van der Waals surface area contributed by atoms with Crippen LogP contribution >= 0.6 is 48.0 Å². The molecule has 0 saturated carbocycles. The highest BCUT2D eigenvalue weighted by Gasteiger charge is 2.25. The van der Waals surface area contributed by atoms with Gasteiger partial charge >= 0.3 is 0 Å². The molecule has 1 unspecified atom stereocenters. The number of benzene rings is 1. The van der Waals surface area contributed by atoms with Crippen LogP contribution in [0.5, 0.6) is 0 Å². The number of rotatable bonds is 4. The van der Waals surface area contributed by atoms with E-state index in [1.165, 1.54) is 0 Å². The zero-order chi connectivity index (χ0) is 17.1. The van der Waals surface area contributed by atoms with E-state index < -0.39 is 0 Å². The Morgan fingerprint density at radius 1 is 1.27 bits per heavy atom. The topological polar surface area (TPSA) is 57.3 Å². The number of halogens is 4. The first kappa shape index (κ1) is 22.8. The van der Waals surface area contributed by atoms with E-state index in [0.29, 0.717) is 21.4 Å². The van der Waals surface area contributed by atoms with E-state index in [0.717, 1.165) is 25.2 Å². The highest BCUT2D eigenvalue weighted by molar-refractivity contribution is 6.42. The summed E-state index contributed by atoms with van der Waals surface area (Å²) in [6.45, 7) is 1.75. The maximum Gasteiger partial charge on any atom is 0.257 e. The van der Waals surface area contributed by atoms with Crippen molar-refractivity contribution in [3.63, 3.8) is 0 Å². The molecule has 2 N–H and O–H groups in total. The molecule has 3 rings (SSSR count). The van der Waals surface area contributed by atoms with E-state index in [-0.39, 0.29) is 36.8 Å². The van der Waals surface area contributed by atoms with E-state index in [4.69, 9.17) is 23.2 Å². The third kappa shape index (κ3) is 5.15. The van der Waals surface area contributed by atoms with Crippen LogP contribution in [0.3, 0.4) is 0 Å². The first-order chi connectivity index (χ1) is 11.6. The molecular formula is C17H20Cl4N4O. The summed E-state index contributed by atoms with van der Waals surface area (Å²) in [5.74, 6) is 0.443. The molecule has 1 aliphatic rings. The number of carbonyl (C=O) groups excluding carboxylic acids is 1. The number of nitrogens with one attached hydrogen (secondary N) is 2. The molecule has 1 aliphatic heterocycles. The monoisotopic (exact) mass is 436 g/mol. The average molecular weight is 438 g/mol. The largest absolute Gasteiger partial charge is 0.340 e. The van der Waals surface area contributed by atoms with Gasteiger partial charge in [-0.15, -0.1) is 24.8 Å². The van der Waals surface area contributed by atoms with Gasteiger partial charge in [0.05, 0.1) is 15.6 Å². The van der Waals surface area contributed by atoms with Crippen molar-refractivity contribution < 1.29 is 4.79 Å². The number of hydrogen-bond acceptors (Lipinski definition) is 4. The first-order valence-electron chi connectivity index (χ1n) is 7.71. The lowest BCUT2D eigenvalue weighted by atomic mass is 10.1. The van der Waals surface area contributed by atoms with Crippen molar-refractivity contribution in [2.24, 2.45) is 0 Å². The van der Waals surface area contributed by atoms with Crippen LogP contribution in [0.4, 0.5) is 11.5 Å². The predicted octanol–water partition coefficient (Wildman–Crippen LogP) is 4.41. The summed E-state index contributed by atoms with van der Waals surface area (Å²) < 4.78 is 0. The second-order valence-corrected chi connectivity index (χ2v) is 6.53. The molecule has 1 aromatic heterocycles. The molecule has 1 saturated heterocycles. The lowest BCUT2D eigenvalue weighted by Crippen LogP contribution is -2.38. The Labute approximate surface area is 175 Å². The molecule has 0 spiro atoms. The SMILES string of the molecule is CN(C(=O)c1cccnc1Nc1ccc(Cl)c(Cl)c1)C1CCNC1.Cl.Cl. The zero-order valence-corrected chi connectivity index (χ0v) is 17.2. The minimum absolute atomic E-state index is 0. The van der Waals surface area contributed by atoms with Crippen molar-refractivity contribution >= 4 is 65.4 Å². The van der Waals surface area contributed by atoms with Gasteiger partial charge in [-0.2, -0.15) is 0 Å². The second-order valence-electron chi connectivity index (χ2n) is 5.72. The Balaban J connectivity index is 0.00000169. The van der Waals surface area contributed by atoms with Crippen LogP contribution in [0.2, 0.25) is 10.0 Å². The summed E-state index contributed by atoms with van der Waals surface area (Å²) in [7, 11) is 1.83. The molecule has 0 aliphatic carbocycles. The van der Waals surface area contributed by atoms with Gasteiger partial charge in [0.2, 0.25) is 0 Å². The van der Waals surface area contributed by atoms with Crippen LogP contribution in [0.1, 0.15) is 16.8 Å². The van der Waals surface area contributed by atoms with Gasteiger partial charge in [-0.3, -0.25) is 4.79 Å². The highest BCUT2D eigenvalue weighted by Crippen LogP contribution is 2.27. The number of pyridine rings is 1. The average Bonchev–Trinajstić information content (AvgIpc) is 3.12. The van der Waals surface area contributed by atoms with Gasteiger partial charge in [0, 0.05) is 31.5 Å². The number of likely N-dealkylation sites (N-methyl/N-ethyl adjacent to an activating group) is 1. The van der Waals surface area contributed by atoms with Crippen molar-refractivity contribution in [3.8, 4) is 0 Å². The van der Waals surface area contributed by atoms with Gasteiger partial charge in [-0.25, -0.2) is 4.98 Å². The van der Waals surface area contributed by atoms with E-state index in [2.05, 4.69) is 15.6 Å². The number of anilines is 2. The van der Waals surface area contributed by atoms with Crippen LogP contribution in [-0.4, -0.2) is 42.0 Å². The predicted molar refractivity (Wildman–Crippen MR) is 112 cm³/mol. The molecule has 1 aromatic carbocycles. The number of hydrogen-bond donors (Lipinski definition) is 2. The third-order valence-electron chi connectivity index (χ3n) is 4.12.